The Balaban J connectivity index is 3.07. The molecule has 5 nitrogen and oxygen atoms in total. The first-order chi connectivity index (χ1) is 8.81. The number of methoxy groups -OCH3 is 1. The Kier molecular flexibility index (Phi) is 5.61. The van der Waals surface area contributed by atoms with Crippen LogP contribution in [0.5, 0.6) is 0 Å². The van der Waals surface area contributed by atoms with Gasteiger partial charge in [-0.3, -0.25) is 0 Å². The molecule has 1 rings (SSSR count). The lowest BCUT2D eigenvalue weighted by atomic mass is 10.2. The summed E-state index contributed by atoms with van der Waals surface area (Å²) in [4.78, 5) is 0.112. The van der Waals surface area contributed by atoms with E-state index in [2.05, 4.69) is 4.72 Å². The molecule has 0 aromatic heterocycles. The van der Waals surface area contributed by atoms with Crippen LogP contribution in [-0.4, -0.2) is 28.2 Å². The molecule has 1 unspecified atom stereocenters. The third kappa shape index (κ3) is 4.07. The van der Waals surface area contributed by atoms with Crippen LogP contribution in [0.15, 0.2) is 17.0 Å². The van der Waals surface area contributed by atoms with E-state index < -0.39 is 10.0 Å². The van der Waals surface area contributed by atoms with Crippen molar-refractivity contribution in [2.24, 2.45) is 0 Å². The van der Waals surface area contributed by atoms with Crippen LogP contribution in [0.25, 0.3) is 0 Å². The van der Waals surface area contributed by atoms with Crippen LogP contribution < -0.4 is 10.5 Å². The van der Waals surface area contributed by atoms with Crippen molar-refractivity contribution in [2.45, 2.75) is 31.2 Å². The number of aryl methyl sites for hydroxylation is 1. The molecule has 108 valence electrons. The first-order valence-corrected chi connectivity index (χ1v) is 7.74. The zero-order valence-electron chi connectivity index (χ0n) is 11.2. The standard InChI is InChI=1S/C12H19ClN2O3S/c1-4-9(7-18-3)15-19(16,17)10-5-8(2)12(13)11(14)6-10/h5-6,9,15H,4,7,14H2,1-3H3. The SMILES string of the molecule is CCC(COC)NS(=O)(=O)c1cc(C)c(Cl)c(N)c1. The van der Waals surface area contributed by atoms with Gasteiger partial charge >= 0.3 is 0 Å². The van der Waals surface area contributed by atoms with Gasteiger partial charge in [0.05, 0.1) is 22.2 Å². The van der Waals surface area contributed by atoms with Gasteiger partial charge in [0.2, 0.25) is 10.0 Å². The molecule has 0 saturated heterocycles. The number of rotatable bonds is 6. The molecule has 0 aliphatic heterocycles. The van der Waals surface area contributed by atoms with Crippen LogP contribution in [0.4, 0.5) is 5.69 Å². The summed E-state index contributed by atoms with van der Waals surface area (Å²) >= 11 is 5.92. The fraction of sp³-hybridized carbons (Fsp3) is 0.500. The van der Waals surface area contributed by atoms with Crippen LogP contribution in [0, 0.1) is 6.92 Å². The van der Waals surface area contributed by atoms with Crippen LogP contribution in [0.3, 0.4) is 0 Å². The fourth-order valence-electron chi connectivity index (χ4n) is 1.64. The van der Waals surface area contributed by atoms with Gasteiger partial charge in [0, 0.05) is 13.2 Å². The molecule has 0 radical (unpaired) electrons. The molecule has 19 heavy (non-hydrogen) atoms. The van der Waals surface area contributed by atoms with Crippen molar-refractivity contribution in [1.82, 2.24) is 4.72 Å². The first kappa shape index (κ1) is 16.2. The number of halogens is 1. The second-order valence-electron chi connectivity index (χ2n) is 4.33. The average molecular weight is 307 g/mol. The molecule has 0 aliphatic rings. The van der Waals surface area contributed by atoms with Gasteiger partial charge in [-0.25, -0.2) is 13.1 Å². The molecule has 0 fully saturated rings. The number of anilines is 1. The molecular weight excluding hydrogens is 288 g/mol. The third-order valence-corrected chi connectivity index (χ3v) is 4.77. The van der Waals surface area contributed by atoms with Gasteiger partial charge in [0.15, 0.2) is 0 Å². The number of hydrogen-bond donors (Lipinski definition) is 2. The van der Waals surface area contributed by atoms with Crippen LogP contribution in [0.1, 0.15) is 18.9 Å². The molecule has 0 spiro atoms. The van der Waals surface area contributed by atoms with Crippen LogP contribution >= 0.6 is 11.6 Å². The Morgan fingerprint density at radius 2 is 2.11 bits per heavy atom. The lowest BCUT2D eigenvalue weighted by Crippen LogP contribution is -2.37. The highest BCUT2D eigenvalue weighted by atomic mass is 35.5. The summed E-state index contributed by atoms with van der Waals surface area (Å²) in [5.41, 5.74) is 6.57. The average Bonchev–Trinajstić information content (AvgIpc) is 2.34. The van der Waals surface area contributed by atoms with Crippen molar-refractivity contribution in [3.05, 3.63) is 22.7 Å². The molecule has 1 atom stereocenters. The van der Waals surface area contributed by atoms with E-state index in [4.69, 9.17) is 22.1 Å². The van der Waals surface area contributed by atoms with E-state index in [-0.39, 0.29) is 16.6 Å². The molecule has 1 aromatic rings. The van der Waals surface area contributed by atoms with Crippen molar-refractivity contribution < 1.29 is 13.2 Å². The van der Waals surface area contributed by atoms with Crippen molar-refractivity contribution >= 4 is 27.3 Å². The van der Waals surface area contributed by atoms with Gasteiger partial charge < -0.3 is 10.5 Å². The van der Waals surface area contributed by atoms with Crippen molar-refractivity contribution in [3.8, 4) is 0 Å². The van der Waals surface area contributed by atoms with E-state index in [1.165, 1.54) is 19.2 Å². The quantitative estimate of drug-likeness (QED) is 0.787. The minimum atomic E-state index is -3.62. The second-order valence-corrected chi connectivity index (χ2v) is 6.42. The molecule has 0 amide bonds. The van der Waals surface area contributed by atoms with Gasteiger partial charge in [-0.15, -0.1) is 0 Å². The monoisotopic (exact) mass is 306 g/mol. The van der Waals surface area contributed by atoms with Gasteiger partial charge in [0.1, 0.15) is 0 Å². The molecule has 1 aromatic carbocycles. The maximum Gasteiger partial charge on any atom is 0.240 e. The summed E-state index contributed by atoms with van der Waals surface area (Å²) in [6, 6.07) is 2.59. The normalized spacial score (nSPS) is 13.5. The van der Waals surface area contributed by atoms with Crippen LogP contribution in [-0.2, 0) is 14.8 Å². The van der Waals surface area contributed by atoms with E-state index in [0.29, 0.717) is 23.6 Å². The third-order valence-electron chi connectivity index (χ3n) is 2.75. The van der Waals surface area contributed by atoms with Gasteiger partial charge in [-0.05, 0) is 31.0 Å². The Hall–Kier alpha value is -0.820. The van der Waals surface area contributed by atoms with E-state index in [0.717, 1.165) is 0 Å². The van der Waals surface area contributed by atoms with Crippen LogP contribution in [0.2, 0.25) is 5.02 Å². The van der Waals surface area contributed by atoms with E-state index in [9.17, 15) is 8.42 Å². The number of ether oxygens (including phenoxy) is 1. The highest BCUT2D eigenvalue weighted by molar-refractivity contribution is 7.89. The van der Waals surface area contributed by atoms with E-state index >= 15 is 0 Å². The zero-order valence-corrected chi connectivity index (χ0v) is 12.8. The first-order valence-electron chi connectivity index (χ1n) is 5.88. The Bertz CT molecular complexity index is 523. The highest BCUT2D eigenvalue weighted by Crippen LogP contribution is 2.26. The number of sulfonamides is 1. The number of benzene rings is 1. The molecule has 3 N–H and O–H groups in total. The van der Waals surface area contributed by atoms with E-state index in [1.54, 1.807) is 6.92 Å². The smallest absolute Gasteiger partial charge is 0.240 e. The fourth-order valence-corrected chi connectivity index (χ4v) is 3.17. The predicted octanol–water partition coefficient (Wildman–Crippen LogP) is 1.93. The predicted molar refractivity (Wildman–Crippen MR) is 76.9 cm³/mol. The van der Waals surface area contributed by atoms with Gasteiger partial charge in [-0.1, -0.05) is 18.5 Å². The minimum absolute atomic E-state index is 0.112. The summed E-state index contributed by atoms with van der Waals surface area (Å²) in [5, 5.41) is 0.378. The lowest BCUT2D eigenvalue weighted by molar-refractivity contribution is 0.173. The zero-order chi connectivity index (χ0) is 14.6. The number of nitrogen functional groups attached to an aromatic ring is 1. The molecule has 0 bridgehead atoms. The molecule has 0 saturated carbocycles. The molecular formula is C12H19ClN2O3S. The summed E-state index contributed by atoms with van der Waals surface area (Å²) < 4.78 is 32.0. The van der Waals surface area contributed by atoms with Crippen molar-refractivity contribution in [3.63, 3.8) is 0 Å². The molecule has 7 heteroatoms. The Labute approximate surface area is 119 Å². The van der Waals surface area contributed by atoms with Crippen molar-refractivity contribution in [1.29, 1.82) is 0 Å². The minimum Gasteiger partial charge on any atom is -0.397 e. The van der Waals surface area contributed by atoms with Gasteiger partial charge in [0.25, 0.3) is 0 Å². The summed E-state index contributed by atoms with van der Waals surface area (Å²) in [6.07, 6.45) is 0.634. The maximum absolute atomic E-state index is 12.2. The lowest BCUT2D eigenvalue weighted by Gasteiger charge is -2.17. The summed E-state index contributed by atoms with van der Waals surface area (Å²) in [5.74, 6) is 0. The topological polar surface area (TPSA) is 81.4 Å². The Morgan fingerprint density at radius 3 is 2.58 bits per heavy atom. The Morgan fingerprint density at radius 1 is 1.47 bits per heavy atom. The largest absolute Gasteiger partial charge is 0.397 e. The number of nitrogens with one attached hydrogen (secondary N) is 1. The van der Waals surface area contributed by atoms with E-state index in [1.807, 2.05) is 6.92 Å². The van der Waals surface area contributed by atoms with Crippen molar-refractivity contribution in [2.75, 3.05) is 19.5 Å². The maximum atomic E-state index is 12.2. The molecule has 0 heterocycles. The number of nitrogens with two attached hydrogens (primary N) is 1. The molecule has 0 aliphatic carbocycles. The second kappa shape index (κ2) is 6.56. The van der Waals surface area contributed by atoms with Gasteiger partial charge in [-0.2, -0.15) is 0 Å². The summed E-state index contributed by atoms with van der Waals surface area (Å²) in [7, 11) is -2.10. The number of hydrogen-bond acceptors (Lipinski definition) is 4. The summed E-state index contributed by atoms with van der Waals surface area (Å²) in [6.45, 7) is 3.91. The highest BCUT2D eigenvalue weighted by Gasteiger charge is 2.20.